The molecule has 4 aromatic rings. The Morgan fingerprint density at radius 2 is 1.02 bits per heavy atom. The van der Waals surface area contributed by atoms with Crippen LogP contribution in [0, 0.1) is 0 Å². The maximum atomic E-state index is 8.74. The van der Waals surface area contributed by atoms with Crippen molar-refractivity contribution in [2.75, 3.05) is 0 Å². The van der Waals surface area contributed by atoms with E-state index >= 15 is 0 Å². The van der Waals surface area contributed by atoms with Crippen LogP contribution < -0.4 is 0 Å². The van der Waals surface area contributed by atoms with Crippen LogP contribution in [0.1, 0.15) is 57.2 Å². The van der Waals surface area contributed by atoms with E-state index in [-0.39, 0.29) is 7.25 Å². The fourth-order valence-electron chi connectivity index (χ4n) is 8.64. The Labute approximate surface area is 245 Å². The molecule has 0 nitrogen and oxygen atoms in total. The Hall–Kier alpha value is -1.96. The Balaban J connectivity index is 1.62. The van der Waals surface area contributed by atoms with Gasteiger partial charge in [-0.3, -0.25) is 0 Å². The van der Waals surface area contributed by atoms with E-state index in [0.29, 0.717) is 0 Å². The van der Waals surface area contributed by atoms with Crippen molar-refractivity contribution >= 4 is 35.8 Å². The van der Waals surface area contributed by atoms with Crippen LogP contribution in [0.4, 0.5) is 0 Å². The zero-order valence-electron chi connectivity index (χ0n) is 23.9. The molecule has 2 aliphatic carbocycles. The zero-order chi connectivity index (χ0) is 28.2. The summed E-state index contributed by atoms with van der Waals surface area (Å²) in [5.41, 5.74) is 13.1. The second kappa shape index (κ2) is 9.81. The topological polar surface area (TPSA) is 0 Å². The second-order valence-corrected chi connectivity index (χ2v) is 65.5. The number of fused-ring (bicyclic) bond motifs is 2. The Morgan fingerprint density at radius 1 is 0.600 bits per heavy atom. The molecule has 0 radical (unpaired) electrons. The molecule has 0 amide bonds. The minimum atomic E-state index is -5.24. The molecule has 40 heavy (non-hydrogen) atoms. The van der Waals surface area contributed by atoms with Gasteiger partial charge in [-0.1, -0.05) is 0 Å². The van der Waals surface area contributed by atoms with Crippen LogP contribution in [0.15, 0.2) is 108 Å². The second-order valence-electron chi connectivity index (χ2n) is 12.4. The summed E-state index contributed by atoms with van der Waals surface area (Å²) in [5.74, 6) is 0. The minimum absolute atomic E-state index is 0.0968. The molecule has 0 saturated carbocycles. The Bertz CT molecular complexity index is 1570. The summed E-state index contributed by atoms with van der Waals surface area (Å²) in [6.45, 7) is 8.37. The third-order valence-electron chi connectivity index (χ3n) is 10.1. The van der Waals surface area contributed by atoms with Crippen molar-refractivity contribution in [2.24, 2.45) is 0 Å². The molecule has 2 unspecified atom stereocenters. The predicted molar refractivity (Wildman–Crippen MR) is 178 cm³/mol. The van der Waals surface area contributed by atoms with Gasteiger partial charge in [0.2, 0.25) is 0 Å². The van der Waals surface area contributed by atoms with Gasteiger partial charge in [0.25, 0.3) is 0 Å². The Morgan fingerprint density at radius 3 is 1.40 bits per heavy atom. The van der Waals surface area contributed by atoms with E-state index < -0.39 is 20.7 Å². The average molecular weight is 661 g/mol. The van der Waals surface area contributed by atoms with Crippen molar-refractivity contribution in [3.63, 3.8) is 0 Å². The predicted octanol–water partition coefficient (Wildman–Crippen LogP) is 11.1. The van der Waals surface area contributed by atoms with Crippen LogP contribution in [0.25, 0.3) is 34.4 Å². The number of allylic oxidation sites excluding steroid dienone is 2. The van der Waals surface area contributed by atoms with Gasteiger partial charge in [0.1, 0.15) is 0 Å². The molecule has 0 aliphatic heterocycles. The van der Waals surface area contributed by atoms with Crippen molar-refractivity contribution in [3.05, 3.63) is 130 Å². The van der Waals surface area contributed by atoms with E-state index in [1.165, 1.54) is 55.7 Å². The van der Waals surface area contributed by atoms with Crippen LogP contribution in [-0.4, -0.2) is 6.65 Å². The van der Waals surface area contributed by atoms with Crippen molar-refractivity contribution in [1.82, 2.24) is 0 Å². The van der Waals surface area contributed by atoms with Gasteiger partial charge >= 0.3 is 248 Å². The molecule has 0 bridgehead atoms. The summed E-state index contributed by atoms with van der Waals surface area (Å²) in [7, 11) is 17.5. The van der Waals surface area contributed by atoms with E-state index in [0.717, 1.165) is 10.2 Å². The maximum absolute atomic E-state index is 8.74. The van der Waals surface area contributed by atoms with Crippen molar-refractivity contribution < 1.29 is 14.1 Å². The first-order valence-corrected chi connectivity index (χ1v) is 32.5. The monoisotopic (exact) mass is 658 g/mol. The summed E-state index contributed by atoms with van der Waals surface area (Å²) < 4.78 is 1.07. The molecule has 0 N–H and O–H groups in total. The van der Waals surface area contributed by atoms with Crippen LogP contribution in [0.3, 0.4) is 0 Å². The summed E-state index contributed by atoms with van der Waals surface area (Å²) in [6.07, 6.45) is 4.82. The first-order chi connectivity index (χ1) is 19.2. The third-order valence-corrected chi connectivity index (χ3v) is 64.2. The summed E-state index contributed by atoms with van der Waals surface area (Å²) in [5, 5.41) is 0. The quantitative estimate of drug-likeness (QED) is 0.173. The third kappa shape index (κ3) is 4.01. The Kier molecular flexibility index (Phi) is 6.91. The van der Waals surface area contributed by atoms with Gasteiger partial charge in [0.05, 0.1) is 0 Å². The molecule has 4 aromatic carbocycles. The standard InChI is InChI=1S/2C16H13.C2H7Si.C2H5.2ClH.Zr/c2*1-12-10-14-8-5-9-15(16(14)11-12)13-6-3-2-4-7-13;1-2-3;1-2;;;/h2*2-11H,1H3;2-3H2,1H3;1H2,2H3;2*1H;/q;;;;;;+2/p-2. The van der Waals surface area contributed by atoms with E-state index in [2.05, 4.69) is 137 Å². The van der Waals surface area contributed by atoms with Gasteiger partial charge in [-0.05, 0) is 0 Å². The first-order valence-electron chi connectivity index (χ1n) is 14.7. The normalized spacial score (nSPS) is 20.1. The average Bonchev–Trinajstić information content (AvgIpc) is 3.51. The van der Waals surface area contributed by atoms with Gasteiger partial charge in [-0.2, -0.15) is 0 Å². The number of halogens is 2. The zero-order valence-corrected chi connectivity index (χ0v) is 29.3. The molecule has 2 atom stereocenters. The van der Waals surface area contributed by atoms with E-state index in [1.807, 2.05) is 0 Å². The van der Waals surface area contributed by atoms with Crippen LogP contribution in [-0.2, 0) is 14.1 Å². The number of rotatable bonds is 7. The van der Waals surface area contributed by atoms with E-state index in [4.69, 9.17) is 17.0 Å². The van der Waals surface area contributed by atoms with Crippen molar-refractivity contribution in [3.8, 4) is 22.3 Å². The van der Waals surface area contributed by atoms with Crippen molar-refractivity contribution in [2.45, 2.75) is 45.1 Å². The number of hydrogen-bond acceptors (Lipinski definition) is 0. The molecule has 0 spiro atoms. The van der Waals surface area contributed by atoms with E-state index in [9.17, 15) is 0 Å². The van der Waals surface area contributed by atoms with Crippen LogP contribution in [0.2, 0.25) is 10.2 Å². The first kappa shape index (κ1) is 28.2. The summed E-state index contributed by atoms with van der Waals surface area (Å²) in [4.78, 5) is 0. The fraction of sp³-hybridized carbons (Fsp3) is 0.222. The van der Waals surface area contributed by atoms with Gasteiger partial charge < -0.3 is 0 Å². The van der Waals surface area contributed by atoms with E-state index in [1.54, 1.807) is 0 Å². The van der Waals surface area contributed by atoms with Gasteiger partial charge in [0.15, 0.2) is 0 Å². The van der Waals surface area contributed by atoms with Crippen molar-refractivity contribution in [1.29, 1.82) is 0 Å². The molecule has 4 heteroatoms. The molecule has 0 aromatic heterocycles. The molecule has 2 aliphatic rings. The molecule has 6 rings (SSSR count). The molecule has 204 valence electrons. The van der Waals surface area contributed by atoms with Gasteiger partial charge in [-0.25, -0.2) is 0 Å². The van der Waals surface area contributed by atoms with Crippen LogP contribution >= 0.6 is 17.0 Å². The van der Waals surface area contributed by atoms with Crippen LogP contribution in [0.5, 0.6) is 0 Å². The number of benzene rings is 4. The van der Waals surface area contributed by atoms with Gasteiger partial charge in [-0.15, -0.1) is 0 Å². The molecule has 0 saturated heterocycles. The summed E-state index contributed by atoms with van der Waals surface area (Å²) in [6, 6.07) is 36.2. The van der Waals surface area contributed by atoms with Gasteiger partial charge in [0, 0.05) is 0 Å². The fourth-order valence-corrected chi connectivity index (χ4v) is 62.2. The molecule has 0 heterocycles. The SMILES string of the molecule is CC[SiH2][Zr]([Cl])([Cl])([CH2]C)([CH]1C(C)=Cc2c(-c3ccccc3)cccc21)[CH]1C(C)=Cc2c(-c3ccccc3)cccc21. The molecule has 0 fully saturated rings. The summed E-state index contributed by atoms with van der Waals surface area (Å²) >= 11 is -5.24. The molecular formula is C36H38Cl2SiZr. The molecular weight excluding hydrogens is 623 g/mol. The number of hydrogen-bond donors (Lipinski definition) is 0.